The van der Waals surface area contributed by atoms with Gasteiger partial charge in [-0.05, 0) is 12.5 Å². The number of methoxy groups -OCH3 is 1. The molecule has 1 aromatic carbocycles. The van der Waals surface area contributed by atoms with Gasteiger partial charge in [-0.15, -0.1) is 0 Å². The molecule has 1 aromatic heterocycles. The van der Waals surface area contributed by atoms with E-state index in [1.165, 1.54) is 7.11 Å². The molecule has 0 atom stereocenters. The maximum atomic E-state index is 11.2. The van der Waals surface area contributed by atoms with Crippen LogP contribution < -0.4 is 0 Å². The Kier molecular flexibility index (Phi) is 2.72. The van der Waals surface area contributed by atoms with Crippen LogP contribution in [0, 0.1) is 6.92 Å². The molecule has 0 N–H and O–H groups in total. The summed E-state index contributed by atoms with van der Waals surface area (Å²) in [6.45, 7) is 1.97. The summed E-state index contributed by atoms with van der Waals surface area (Å²) in [5.41, 5.74) is 2.66. The van der Waals surface area contributed by atoms with Gasteiger partial charge in [-0.1, -0.05) is 29.4 Å². The van der Waals surface area contributed by atoms with E-state index in [2.05, 4.69) is 9.89 Å². The van der Waals surface area contributed by atoms with Crippen LogP contribution in [-0.4, -0.2) is 18.2 Å². The summed E-state index contributed by atoms with van der Waals surface area (Å²) in [7, 11) is 1.30. The summed E-state index contributed by atoms with van der Waals surface area (Å²) in [4.78, 5) is 11.2. The van der Waals surface area contributed by atoms with Gasteiger partial charge in [-0.3, -0.25) is 0 Å². The molecule has 1 heterocycles. The van der Waals surface area contributed by atoms with Crippen molar-refractivity contribution in [2.45, 2.75) is 6.92 Å². The molecule has 16 heavy (non-hydrogen) atoms. The van der Waals surface area contributed by atoms with Gasteiger partial charge in [-0.25, -0.2) is 4.79 Å². The summed E-state index contributed by atoms with van der Waals surface area (Å²) in [6.07, 6.45) is 0. The number of benzene rings is 1. The van der Waals surface area contributed by atoms with E-state index >= 15 is 0 Å². The molecule has 0 amide bonds. The van der Waals surface area contributed by atoms with Gasteiger partial charge in [0.1, 0.15) is 5.69 Å². The lowest BCUT2D eigenvalue weighted by Crippen LogP contribution is -1.98. The van der Waals surface area contributed by atoms with Crippen LogP contribution >= 0.6 is 0 Å². The minimum absolute atomic E-state index is 0.112. The first-order valence-corrected chi connectivity index (χ1v) is 4.83. The lowest BCUT2D eigenvalue weighted by molar-refractivity contribution is 0.0554. The standard InChI is InChI=1S/C12H11NO3/c1-8-5-3-4-6-9(8)10-7-11(16-13-10)12(14)15-2/h3-7H,1-2H3. The summed E-state index contributed by atoms with van der Waals surface area (Å²) in [5, 5.41) is 3.84. The molecule has 2 aromatic rings. The highest BCUT2D eigenvalue weighted by molar-refractivity contribution is 5.87. The summed E-state index contributed by atoms with van der Waals surface area (Å²) in [5.74, 6) is -0.409. The third-order valence-corrected chi connectivity index (χ3v) is 2.32. The molecule has 0 aliphatic heterocycles. The van der Waals surface area contributed by atoms with E-state index in [9.17, 15) is 4.79 Å². The van der Waals surface area contributed by atoms with Crippen molar-refractivity contribution in [3.05, 3.63) is 41.7 Å². The number of nitrogens with zero attached hydrogens (tertiary/aromatic N) is 1. The second-order valence-corrected chi connectivity index (χ2v) is 3.38. The van der Waals surface area contributed by atoms with E-state index < -0.39 is 5.97 Å². The van der Waals surface area contributed by atoms with Gasteiger partial charge >= 0.3 is 5.97 Å². The van der Waals surface area contributed by atoms with Crippen LogP contribution in [0.3, 0.4) is 0 Å². The molecule has 4 nitrogen and oxygen atoms in total. The van der Waals surface area contributed by atoms with Crippen molar-refractivity contribution in [1.29, 1.82) is 0 Å². The van der Waals surface area contributed by atoms with Crippen molar-refractivity contribution in [3.63, 3.8) is 0 Å². The molecule has 0 spiro atoms. The first-order valence-electron chi connectivity index (χ1n) is 4.83. The van der Waals surface area contributed by atoms with Crippen LogP contribution in [0.4, 0.5) is 0 Å². The summed E-state index contributed by atoms with van der Waals surface area (Å²) < 4.78 is 9.45. The molecule has 0 aliphatic rings. The molecule has 0 saturated carbocycles. The van der Waals surface area contributed by atoms with Crippen molar-refractivity contribution >= 4 is 5.97 Å². The quantitative estimate of drug-likeness (QED) is 0.725. The maximum Gasteiger partial charge on any atom is 0.376 e. The number of aromatic nitrogens is 1. The second kappa shape index (κ2) is 4.18. The Balaban J connectivity index is 2.39. The topological polar surface area (TPSA) is 52.3 Å². The highest BCUT2D eigenvalue weighted by Gasteiger charge is 2.14. The van der Waals surface area contributed by atoms with E-state index in [1.807, 2.05) is 31.2 Å². The molecular formula is C12H11NO3. The fourth-order valence-electron chi connectivity index (χ4n) is 1.46. The van der Waals surface area contributed by atoms with Crippen LogP contribution in [0.15, 0.2) is 34.9 Å². The molecule has 0 aliphatic carbocycles. The second-order valence-electron chi connectivity index (χ2n) is 3.38. The zero-order chi connectivity index (χ0) is 11.5. The van der Waals surface area contributed by atoms with Crippen molar-refractivity contribution in [2.75, 3.05) is 7.11 Å². The number of rotatable bonds is 2. The van der Waals surface area contributed by atoms with Gasteiger partial charge in [0.2, 0.25) is 5.76 Å². The minimum atomic E-state index is -0.521. The fraction of sp³-hybridized carbons (Fsp3) is 0.167. The zero-order valence-corrected chi connectivity index (χ0v) is 9.06. The third-order valence-electron chi connectivity index (χ3n) is 2.32. The normalized spacial score (nSPS) is 10.1. The average molecular weight is 217 g/mol. The monoisotopic (exact) mass is 217 g/mol. The fourth-order valence-corrected chi connectivity index (χ4v) is 1.46. The van der Waals surface area contributed by atoms with Gasteiger partial charge < -0.3 is 9.26 Å². The Morgan fingerprint density at radius 2 is 2.12 bits per heavy atom. The molecule has 2 rings (SSSR count). The van der Waals surface area contributed by atoms with Gasteiger partial charge in [0.15, 0.2) is 0 Å². The predicted octanol–water partition coefficient (Wildman–Crippen LogP) is 2.44. The average Bonchev–Trinajstić information content (AvgIpc) is 2.78. The smallest absolute Gasteiger partial charge is 0.376 e. The van der Waals surface area contributed by atoms with Crippen LogP contribution in [-0.2, 0) is 4.74 Å². The first kappa shape index (κ1) is 10.4. The Morgan fingerprint density at radius 3 is 2.81 bits per heavy atom. The number of carbonyl (C=O) groups is 1. The van der Waals surface area contributed by atoms with E-state index in [-0.39, 0.29) is 5.76 Å². The van der Waals surface area contributed by atoms with Crippen LogP contribution in [0.1, 0.15) is 16.1 Å². The van der Waals surface area contributed by atoms with E-state index in [4.69, 9.17) is 4.52 Å². The number of carbonyl (C=O) groups excluding carboxylic acids is 1. The van der Waals surface area contributed by atoms with Crippen molar-refractivity contribution in [3.8, 4) is 11.3 Å². The highest BCUT2D eigenvalue weighted by Crippen LogP contribution is 2.22. The minimum Gasteiger partial charge on any atom is -0.463 e. The van der Waals surface area contributed by atoms with Gasteiger partial charge in [0, 0.05) is 11.6 Å². The molecule has 82 valence electrons. The molecule has 0 radical (unpaired) electrons. The lowest BCUT2D eigenvalue weighted by atomic mass is 10.1. The third kappa shape index (κ3) is 1.82. The van der Waals surface area contributed by atoms with Gasteiger partial charge in [0.05, 0.1) is 7.11 Å². The van der Waals surface area contributed by atoms with Gasteiger partial charge in [0.25, 0.3) is 0 Å². The Hall–Kier alpha value is -2.10. The van der Waals surface area contributed by atoms with Crippen molar-refractivity contribution in [1.82, 2.24) is 5.16 Å². The molecule has 0 fully saturated rings. The molecule has 0 unspecified atom stereocenters. The van der Waals surface area contributed by atoms with Crippen molar-refractivity contribution in [2.24, 2.45) is 0 Å². The lowest BCUT2D eigenvalue weighted by Gasteiger charge is -1.98. The van der Waals surface area contributed by atoms with E-state index in [0.29, 0.717) is 5.69 Å². The van der Waals surface area contributed by atoms with Crippen LogP contribution in [0.2, 0.25) is 0 Å². The Morgan fingerprint density at radius 1 is 1.38 bits per heavy atom. The largest absolute Gasteiger partial charge is 0.463 e. The zero-order valence-electron chi connectivity index (χ0n) is 9.06. The molecule has 0 bridgehead atoms. The maximum absolute atomic E-state index is 11.2. The number of aryl methyl sites for hydroxylation is 1. The summed E-state index contributed by atoms with van der Waals surface area (Å²) >= 11 is 0. The van der Waals surface area contributed by atoms with Crippen molar-refractivity contribution < 1.29 is 14.1 Å². The number of hydrogen-bond acceptors (Lipinski definition) is 4. The Labute approximate surface area is 92.8 Å². The molecule has 0 saturated heterocycles. The SMILES string of the molecule is COC(=O)c1cc(-c2ccccc2C)no1. The van der Waals surface area contributed by atoms with Crippen LogP contribution in [0.5, 0.6) is 0 Å². The first-order chi connectivity index (χ1) is 7.72. The number of ether oxygens (including phenoxy) is 1. The number of esters is 1. The highest BCUT2D eigenvalue weighted by atomic mass is 16.5. The molecular weight excluding hydrogens is 206 g/mol. The van der Waals surface area contributed by atoms with E-state index in [0.717, 1.165) is 11.1 Å². The Bertz CT molecular complexity index is 516. The van der Waals surface area contributed by atoms with Crippen LogP contribution in [0.25, 0.3) is 11.3 Å². The predicted molar refractivity (Wildman–Crippen MR) is 58.0 cm³/mol. The number of hydrogen-bond donors (Lipinski definition) is 0. The molecule has 4 heteroatoms. The summed E-state index contributed by atoms with van der Waals surface area (Å²) in [6, 6.07) is 9.33. The van der Waals surface area contributed by atoms with E-state index in [1.54, 1.807) is 6.07 Å². The van der Waals surface area contributed by atoms with Gasteiger partial charge in [-0.2, -0.15) is 0 Å².